The molecule has 4 heteroatoms. The van der Waals surface area contributed by atoms with Gasteiger partial charge in [0.05, 0.1) is 18.2 Å². The van der Waals surface area contributed by atoms with Crippen molar-refractivity contribution in [3.05, 3.63) is 35.9 Å². The van der Waals surface area contributed by atoms with Crippen LogP contribution in [0, 0.1) is 0 Å². The number of rotatable bonds is 7. The van der Waals surface area contributed by atoms with Gasteiger partial charge in [-0.05, 0) is 31.2 Å². The highest BCUT2D eigenvalue weighted by molar-refractivity contribution is 5.19. The Morgan fingerprint density at radius 1 is 1.42 bits per heavy atom. The van der Waals surface area contributed by atoms with Gasteiger partial charge in [-0.1, -0.05) is 30.3 Å². The molecule has 0 bridgehead atoms. The fourth-order valence-corrected chi connectivity index (χ4v) is 2.73. The third-order valence-electron chi connectivity index (χ3n) is 3.79. The lowest BCUT2D eigenvalue weighted by Crippen LogP contribution is -2.41. The first-order chi connectivity index (χ1) is 9.35. The minimum absolute atomic E-state index is 0.0207. The highest BCUT2D eigenvalue weighted by atomic mass is 16.5. The van der Waals surface area contributed by atoms with Crippen molar-refractivity contribution in [2.45, 2.75) is 43.9 Å². The second-order valence-electron chi connectivity index (χ2n) is 5.05. The van der Waals surface area contributed by atoms with Gasteiger partial charge in [-0.25, -0.2) is 0 Å². The maximum atomic E-state index is 5.70. The smallest absolute Gasteiger partial charge is 0.0987 e. The van der Waals surface area contributed by atoms with Crippen molar-refractivity contribution in [3.63, 3.8) is 0 Å². The molecule has 1 aromatic rings. The van der Waals surface area contributed by atoms with Crippen LogP contribution < -0.4 is 11.3 Å². The Balaban J connectivity index is 1.93. The van der Waals surface area contributed by atoms with Crippen LogP contribution in [0.25, 0.3) is 0 Å². The molecule has 106 valence electrons. The van der Waals surface area contributed by atoms with Gasteiger partial charge in [0.15, 0.2) is 0 Å². The lowest BCUT2D eigenvalue weighted by atomic mass is 9.97. The van der Waals surface area contributed by atoms with E-state index in [-0.39, 0.29) is 12.1 Å². The van der Waals surface area contributed by atoms with E-state index in [1.165, 1.54) is 12.8 Å². The molecule has 1 aliphatic heterocycles. The number of methoxy groups -OCH3 is 1. The molecule has 4 nitrogen and oxygen atoms in total. The Morgan fingerprint density at radius 3 is 2.79 bits per heavy atom. The van der Waals surface area contributed by atoms with Gasteiger partial charge < -0.3 is 9.47 Å². The zero-order valence-electron chi connectivity index (χ0n) is 11.5. The van der Waals surface area contributed by atoms with E-state index in [1.807, 2.05) is 18.2 Å². The summed E-state index contributed by atoms with van der Waals surface area (Å²) < 4.78 is 11.3. The zero-order chi connectivity index (χ0) is 13.5. The molecule has 1 heterocycles. The minimum Gasteiger partial charge on any atom is -0.378 e. The van der Waals surface area contributed by atoms with E-state index in [0.717, 1.165) is 25.0 Å². The predicted octanol–water partition coefficient (Wildman–Crippen LogP) is 2.17. The number of ether oxygens (including phenoxy) is 2. The van der Waals surface area contributed by atoms with Crippen molar-refractivity contribution in [3.8, 4) is 0 Å². The molecule has 3 N–H and O–H groups in total. The third kappa shape index (κ3) is 4.01. The average molecular weight is 264 g/mol. The molecule has 0 amide bonds. The first-order valence-corrected chi connectivity index (χ1v) is 7.00. The molecule has 19 heavy (non-hydrogen) atoms. The summed E-state index contributed by atoms with van der Waals surface area (Å²) in [5, 5.41) is 0. The van der Waals surface area contributed by atoms with Gasteiger partial charge in [-0.15, -0.1) is 0 Å². The lowest BCUT2D eigenvalue weighted by Gasteiger charge is -2.26. The van der Waals surface area contributed by atoms with E-state index in [9.17, 15) is 0 Å². The van der Waals surface area contributed by atoms with Gasteiger partial charge in [0.25, 0.3) is 0 Å². The zero-order valence-corrected chi connectivity index (χ0v) is 11.5. The molecule has 0 radical (unpaired) electrons. The molecule has 1 fully saturated rings. The SMILES string of the molecule is COC(c1ccccc1)C(CCC1CCCO1)NN. The molecule has 0 spiro atoms. The first kappa shape index (κ1) is 14.5. The van der Waals surface area contributed by atoms with Crippen LogP contribution in [0.15, 0.2) is 30.3 Å². The van der Waals surface area contributed by atoms with Crippen LogP contribution in [0.4, 0.5) is 0 Å². The van der Waals surface area contributed by atoms with Crippen molar-refractivity contribution >= 4 is 0 Å². The van der Waals surface area contributed by atoms with E-state index in [0.29, 0.717) is 6.10 Å². The maximum Gasteiger partial charge on any atom is 0.0987 e. The van der Waals surface area contributed by atoms with Gasteiger partial charge >= 0.3 is 0 Å². The van der Waals surface area contributed by atoms with Crippen molar-refractivity contribution < 1.29 is 9.47 Å². The van der Waals surface area contributed by atoms with Crippen LogP contribution in [-0.4, -0.2) is 25.9 Å². The highest BCUT2D eigenvalue weighted by Gasteiger charge is 2.24. The number of hydrogen-bond acceptors (Lipinski definition) is 4. The van der Waals surface area contributed by atoms with Crippen LogP contribution in [0.3, 0.4) is 0 Å². The largest absolute Gasteiger partial charge is 0.378 e. The maximum absolute atomic E-state index is 5.70. The van der Waals surface area contributed by atoms with Crippen molar-refractivity contribution in [1.82, 2.24) is 5.43 Å². The highest BCUT2D eigenvalue weighted by Crippen LogP contribution is 2.25. The molecule has 1 saturated heterocycles. The van der Waals surface area contributed by atoms with Crippen molar-refractivity contribution in [2.75, 3.05) is 13.7 Å². The average Bonchev–Trinajstić information content (AvgIpc) is 2.97. The number of hydrogen-bond donors (Lipinski definition) is 2. The van der Waals surface area contributed by atoms with E-state index in [1.54, 1.807) is 7.11 Å². The van der Waals surface area contributed by atoms with E-state index in [4.69, 9.17) is 15.3 Å². The van der Waals surface area contributed by atoms with Crippen molar-refractivity contribution in [1.29, 1.82) is 0 Å². The van der Waals surface area contributed by atoms with E-state index < -0.39 is 0 Å². The van der Waals surface area contributed by atoms with Crippen LogP contribution in [0.1, 0.15) is 37.4 Å². The summed E-state index contributed by atoms with van der Waals surface area (Å²) in [6.45, 7) is 0.901. The molecule has 0 aromatic heterocycles. The number of hydrazine groups is 1. The first-order valence-electron chi connectivity index (χ1n) is 7.00. The molecular weight excluding hydrogens is 240 g/mol. The second-order valence-corrected chi connectivity index (χ2v) is 5.05. The quantitative estimate of drug-likeness (QED) is 0.585. The molecule has 3 atom stereocenters. The second kappa shape index (κ2) is 7.60. The molecule has 2 rings (SSSR count). The molecule has 0 aliphatic carbocycles. The normalized spacial score (nSPS) is 22.3. The predicted molar refractivity (Wildman–Crippen MR) is 75.5 cm³/mol. The summed E-state index contributed by atoms with van der Waals surface area (Å²) in [6, 6.07) is 10.3. The Bertz CT molecular complexity index is 352. The molecular formula is C15H24N2O2. The fourth-order valence-electron chi connectivity index (χ4n) is 2.73. The molecule has 0 saturated carbocycles. The minimum atomic E-state index is -0.0207. The summed E-state index contributed by atoms with van der Waals surface area (Å²) in [6.07, 6.45) is 4.70. The summed E-state index contributed by atoms with van der Waals surface area (Å²) in [5.41, 5.74) is 4.05. The van der Waals surface area contributed by atoms with Gasteiger partial charge in [0.2, 0.25) is 0 Å². The van der Waals surface area contributed by atoms with E-state index in [2.05, 4.69) is 17.6 Å². The number of benzene rings is 1. The summed E-state index contributed by atoms with van der Waals surface area (Å²) in [4.78, 5) is 0. The summed E-state index contributed by atoms with van der Waals surface area (Å²) >= 11 is 0. The topological polar surface area (TPSA) is 56.5 Å². The Morgan fingerprint density at radius 2 is 2.21 bits per heavy atom. The van der Waals surface area contributed by atoms with E-state index >= 15 is 0 Å². The molecule has 1 aromatic carbocycles. The lowest BCUT2D eigenvalue weighted by molar-refractivity contribution is 0.0518. The van der Waals surface area contributed by atoms with Gasteiger partial charge in [-0.2, -0.15) is 0 Å². The van der Waals surface area contributed by atoms with Crippen LogP contribution >= 0.6 is 0 Å². The monoisotopic (exact) mass is 264 g/mol. The Kier molecular flexibility index (Phi) is 5.79. The number of nitrogens with one attached hydrogen (secondary N) is 1. The van der Waals surface area contributed by atoms with Gasteiger partial charge in [-0.3, -0.25) is 11.3 Å². The van der Waals surface area contributed by atoms with Crippen molar-refractivity contribution in [2.24, 2.45) is 5.84 Å². The fraction of sp³-hybridized carbons (Fsp3) is 0.600. The Hall–Kier alpha value is -0.940. The standard InChI is InChI=1S/C15H24N2O2/c1-18-15(12-6-3-2-4-7-12)14(17-16)10-9-13-8-5-11-19-13/h2-4,6-7,13-15,17H,5,8-11,16H2,1H3. The van der Waals surface area contributed by atoms with Crippen LogP contribution in [0.5, 0.6) is 0 Å². The van der Waals surface area contributed by atoms with Gasteiger partial charge in [0, 0.05) is 13.7 Å². The third-order valence-corrected chi connectivity index (χ3v) is 3.79. The van der Waals surface area contributed by atoms with Crippen LogP contribution in [0.2, 0.25) is 0 Å². The Labute approximate surface area is 115 Å². The van der Waals surface area contributed by atoms with Crippen LogP contribution in [-0.2, 0) is 9.47 Å². The molecule has 1 aliphatic rings. The number of nitrogens with two attached hydrogens (primary N) is 1. The summed E-state index contributed by atoms with van der Waals surface area (Å²) in [5.74, 6) is 5.70. The van der Waals surface area contributed by atoms with Gasteiger partial charge in [0.1, 0.15) is 0 Å². The molecule has 3 unspecified atom stereocenters. The summed E-state index contributed by atoms with van der Waals surface area (Å²) in [7, 11) is 1.73.